The molecule has 0 amide bonds. The van der Waals surface area contributed by atoms with E-state index >= 15 is 0 Å². The van der Waals surface area contributed by atoms with Crippen molar-refractivity contribution in [2.24, 2.45) is 0 Å². The van der Waals surface area contributed by atoms with Gasteiger partial charge in [0.15, 0.2) is 0 Å². The van der Waals surface area contributed by atoms with Crippen LogP contribution < -0.4 is 0 Å². The number of rotatable bonds is 3. The second kappa shape index (κ2) is 6.02. The number of hydrogen-bond acceptors (Lipinski definition) is 2. The Morgan fingerprint density at radius 2 is 1.62 bits per heavy atom. The van der Waals surface area contributed by atoms with Crippen molar-refractivity contribution in [3.05, 3.63) is 84.6 Å². The molecule has 4 aromatic rings. The summed E-state index contributed by atoms with van der Waals surface area (Å²) in [5.41, 5.74) is 3.83. The number of hydrogen-bond donors (Lipinski definition) is 0. The zero-order valence-electron chi connectivity index (χ0n) is 13.1. The molecule has 3 nitrogen and oxygen atoms in total. The topological polar surface area (TPSA) is 41.6 Å². The standard InChI is InChI=1S/C21H15N3/c22-13-12-19-15-24(20-8-2-1-3-9-20)23-21(19)18-11-10-16-6-4-5-7-17(16)14-18/h1-11,14-15H,12H2. The minimum atomic E-state index is 0.342. The van der Waals surface area contributed by atoms with Crippen molar-refractivity contribution in [2.45, 2.75) is 6.42 Å². The second-order valence-electron chi connectivity index (χ2n) is 5.68. The molecular weight excluding hydrogens is 294 g/mol. The third kappa shape index (κ3) is 2.55. The van der Waals surface area contributed by atoms with E-state index in [1.807, 2.05) is 53.3 Å². The minimum Gasteiger partial charge on any atom is -0.240 e. The van der Waals surface area contributed by atoms with Gasteiger partial charge < -0.3 is 0 Å². The molecule has 0 spiro atoms. The molecule has 0 atom stereocenters. The van der Waals surface area contributed by atoms with Crippen molar-refractivity contribution >= 4 is 10.8 Å². The molecule has 0 N–H and O–H groups in total. The van der Waals surface area contributed by atoms with Crippen molar-refractivity contribution in [2.75, 3.05) is 0 Å². The van der Waals surface area contributed by atoms with E-state index in [4.69, 9.17) is 10.4 Å². The fourth-order valence-corrected chi connectivity index (χ4v) is 2.92. The molecule has 1 aromatic heterocycles. The van der Waals surface area contributed by atoms with Crippen molar-refractivity contribution in [1.82, 2.24) is 9.78 Å². The van der Waals surface area contributed by atoms with Gasteiger partial charge in [-0.3, -0.25) is 0 Å². The van der Waals surface area contributed by atoms with Crippen LogP contribution in [0.1, 0.15) is 5.56 Å². The van der Waals surface area contributed by atoms with E-state index in [1.165, 1.54) is 10.8 Å². The Morgan fingerprint density at radius 1 is 0.875 bits per heavy atom. The molecular formula is C21H15N3. The lowest BCUT2D eigenvalue weighted by Gasteiger charge is -2.03. The first-order valence-electron chi connectivity index (χ1n) is 7.85. The van der Waals surface area contributed by atoms with E-state index in [0.29, 0.717) is 6.42 Å². The summed E-state index contributed by atoms with van der Waals surface area (Å²) in [7, 11) is 0. The molecule has 0 unspecified atom stereocenters. The Morgan fingerprint density at radius 3 is 2.42 bits per heavy atom. The Bertz CT molecular complexity index is 1040. The summed E-state index contributed by atoms with van der Waals surface area (Å²) in [6, 6.07) is 26.8. The van der Waals surface area contributed by atoms with Gasteiger partial charge in [0.05, 0.1) is 23.9 Å². The van der Waals surface area contributed by atoms with Crippen molar-refractivity contribution in [1.29, 1.82) is 5.26 Å². The molecule has 4 rings (SSSR count). The van der Waals surface area contributed by atoms with Crippen LogP contribution in [0.5, 0.6) is 0 Å². The average Bonchev–Trinajstić information content (AvgIpc) is 3.06. The van der Waals surface area contributed by atoms with E-state index in [-0.39, 0.29) is 0 Å². The van der Waals surface area contributed by atoms with Crippen LogP contribution in [-0.2, 0) is 6.42 Å². The number of nitrogens with zero attached hydrogens (tertiary/aromatic N) is 3. The van der Waals surface area contributed by atoms with E-state index in [9.17, 15) is 0 Å². The van der Waals surface area contributed by atoms with Crippen LogP contribution in [0, 0.1) is 11.3 Å². The smallest absolute Gasteiger partial charge is 0.0970 e. The van der Waals surface area contributed by atoms with Gasteiger partial charge in [-0.15, -0.1) is 0 Å². The van der Waals surface area contributed by atoms with Crippen LogP contribution in [0.4, 0.5) is 0 Å². The molecule has 24 heavy (non-hydrogen) atoms. The lowest BCUT2D eigenvalue weighted by atomic mass is 10.0. The zero-order chi connectivity index (χ0) is 16.4. The molecule has 0 bridgehead atoms. The van der Waals surface area contributed by atoms with Gasteiger partial charge in [-0.1, -0.05) is 54.6 Å². The van der Waals surface area contributed by atoms with E-state index < -0.39 is 0 Å². The molecule has 0 saturated carbocycles. The number of para-hydroxylation sites is 1. The summed E-state index contributed by atoms with van der Waals surface area (Å²) in [6.07, 6.45) is 2.29. The van der Waals surface area contributed by atoms with Gasteiger partial charge >= 0.3 is 0 Å². The quantitative estimate of drug-likeness (QED) is 0.547. The first-order chi connectivity index (χ1) is 11.8. The van der Waals surface area contributed by atoms with Gasteiger partial charge in [0.1, 0.15) is 0 Å². The van der Waals surface area contributed by atoms with E-state index in [0.717, 1.165) is 22.5 Å². The number of benzene rings is 3. The highest BCUT2D eigenvalue weighted by molar-refractivity contribution is 5.87. The minimum absolute atomic E-state index is 0.342. The molecule has 0 aliphatic heterocycles. The fourth-order valence-electron chi connectivity index (χ4n) is 2.92. The van der Waals surface area contributed by atoms with Gasteiger partial charge in [0.25, 0.3) is 0 Å². The van der Waals surface area contributed by atoms with Crippen molar-refractivity contribution in [3.63, 3.8) is 0 Å². The SMILES string of the molecule is N#CCc1cn(-c2ccccc2)nc1-c1ccc2ccccc2c1. The summed E-state index contributed by atoms with van der Waals surface area (Å²) >= 11 is 0. The molecule has 1 heterocycles. The molecule has 0 fully saturated rings. The molecule has 0 aliphatic rings. The van der Waals surface area contributed by atoms with Gasteiger partial charge in [-0.05, 0) is 29.0 Å². The van der Waals surface area contributed by atoms with E-state index in [2.05, 4.69) is 36.4 Å². The molecule has 3 aromatic carbocycles. The zero-order valence-corrected chi connectivity index (χ0v) is 13.1. The highest BCUT2D eigenvalue weighted by atomic mass is 15.3. The first-order valence-corrected chi connectivity index (χ1v) is 7.85. The Labute approximate surface area is 140 Å². The van der Waals surface area contributed by atoms with Crippen LogP contribution in [0.3, 0.4) is 0 Å². The maximum atomic E-state index is 9.16. The monoisotopic (exact) mass is 309 g/mol. The van der Waals surface area contributed by atoms with Gasteiger partial charge in [-0.2, -0.15) is 10.4 Å². The van der Waals surface area contributed by atoms with Gasteiger partial charge in [0.2, 0.25) is 0 Å². The summed E-state index contributed by atoms with van der Waals surface area (Å²) in [4.78, 5) is 0. The summed E-state index contributed by atoms with van der Waals surface area (Å²) in [5.74, 6) is 0. The number of fused-ring (bicyclic) bond motifs is 1. The van der Waals surface area contributed by atoms with Gasteiger partial charge in [0, 0.05) is 17.3 Å². The maximum absolute atomic E-state index is 9.16. The largest absolute Gasteiger partial charge is 0.240 e. The third-order valence-corrected chi connectivity index (χ3v) is 4.10. The molecule has 3 heteroatoms. The molecule has 0 saturated heterocycles. The van der Waals surface area contributed by atoms with Crippen LogP contribution in [0.25, 0.3) is 27.7 Å². The predicted molar refractivity (Wildman–Crippen MR) is 95.8 cm³/mol. The summed E-state index contributed by atoms with van der Waals surface area (Å²) < 4.78 is 1.84. The molecule has 114 valence electrons. The van der Waals surface area contributed by atoms with Crippen molar-refractivity contribution in [3.8, 4) is 23.0 Å². The fraction of sp³-hybridized carbons (Fsp3) is 0.0476. The average molecular weight is 309 g/mol. The first kappa shape index (κ1) is 14.2. The second-order valence-corrected chi connectivity index (χ2v) is 5.68. The highest BCUT2D eigenvalue weighted by Crippen LogP contribution is 2.27. The third-order valence-electron chi connectivity index (χ3n) is 4.10. The van der Waals surface area contributed by atoms with Crippen LogP contribution >= 0.6 is 0 Å². The Hall–Kier alpha value is -3.38. The van der Waals surface area contributed by atoms with E-state index in [1.54, 1.807) is 0 Å². The predicted octanol–water partition coefficient (Wildman–Crippen LogP) is 4.76. The van der Waals surface area contributed by atoms with Crippen LogP contribution in [0.2, 0.25) is 0 Å². The molecule has 0 radical (unpaired) electrons. The van der Waals surface area contributed by atoms with Gasteiger partial charge in [-0.25, -0.2) is 4.68 Å². The van der Waals surface area contributed by atoms with Crippen molar-refractivity contribution < 1.29 is 0 Å². The molecule has 0 aliphatic carbocycles. The lowest BCUT2D eigenvalue weighted by Crippen LogP contribution is -1.94. The van der Waals surface area contributed by atoms with Crippen LogP contribution in [0.15, 0.2) is 79.0 Å². The number of aromatic nitrogens is 2. The normalized spacial score (nSPS) is 10.6. The van der Waals surface area contributed by atoms with Crippen LogP contribution in [-0.4, -0.2) is 9.78 Å². The summed E-state index contributed by atoms with van der Waals surface area (Å²) in [5, 5.41) is 16.3. The Balaban J connectivity index is 1.86. The number of nitriles is 1. The summed E-state index contributed by atoms with van der Waals surface area (Å²) in [6.45, 7) is 0. The maximum Gasteiger partial charge on any atom is 0.0970 e. The highest BCUT2D eigenvalue weighted by Gasteiger charge is 2.12. The Kier molecular flexibility index (Phi) is 3.57. The lowest BCUT2D eigenvalue weighted by molar-refractivity contribution is 0.884.